The molecule has 2 rings (SSSR count). The zero-order valence-corrected chi connectivity index (χ0v) is 21.5. The number of hydrogen-bond acceptors (Lipinski definition) is 5. The fourth-order valence-corrected chi connectivity index (χ4v) is 4.79. The van der Waals surface area contributed by atoms with Gasteiger partial charge < -0.3 is 15.0 Å². The number of para-hydroxylation sites is 2. The predicted molar refractivity (Wildman–Crippen MR) is 134 cm³/mol. The van der Waals surface area contributed by atoms with Gasteiger partial charge in [0.15, 0.2) is 0 Å². The van der Waals surface area contributed by atoms with Crippen LogP contribution in [0.4, 0.5) is 10.1 Å². The van der Waals surface area contributed by atoms with Crippen LogP contribution in [-0.2, 0) is 26.2 Å². The lowest BCUT2D eigenvalue weighted by atomic mass is 10.1. The van der Waals surface area contributed by atoms with Crippen molar-refractivity contribution in [2.75, 3.05) is 30.8 Å². The van der Waals surface area contributed by atoms with E-state index in [9.17, 15) is 22.4 Å². The van der Waals surface area contributed by atoms with Crippen LogP contribution < -0.4 is 14.4 Å². The highest BCUT2D eigenvalue weighted by molar-refractivity contribution is 7.92. The number of sulfonamides is 1. The first kappa shape index (κ1) is 28.1. The Morgan fingerprint density at radius 2 is 1.74 bits per heavy atom. The Morgan fingerprint density at radius 3 is 2.31 bits per heavy atom. The lowest BCUT2D eigenvalue weighted by Gasteiger charge is -2.31. The number of hydrogen-bond donors (Lipinski definition) is 1. The van der Waals surface area contributed by atoms with Gasteiger partial charge in [-0.3, -0.25) is 13.9 Å². The maximum atomic E-state index is 13.4. The largest absolute Gasteiger partial charge is 0.495 e. The summed E-state index contributed by atoms with van der Waals surface area (Å²) in [5.41, 5.74) is 1.08. The topological polar surface area (TPSA) is 96.0 Å². The molecule has 10 heteroatoms. The van der Waals surface area contributed by atoms with Crippen molar-refractivity contribution >= 4 is 27.5 Å². The second-order valence-electron chi connectivity index (χ2n) is 8.08. The molecule has 0 aliphatic rings. The Kier molecular flexibility index (Phi) is 10.5. The van der Waals surface area contributed by atoms with E-state index in [1.807, 2.05) is 6.92 Å². The highest BCUT2D eigenvalue weighted by Gasteiger charge is 2.29. The number of amides is 2. The average Bonchev–Trinajstić information content (AvgIpc) is 2.82. The molecular weight excluding hydrogens is 473 g/mol. The number of nitrogens with one attached hydrogen (secondary N) is 1. The molecule has 0 aliphatic carbocycles. The Balaban J connectivity index is 2.22. The van der Waals surface area contributed by atoms with E-state index in [0.717, 1.165) is 6.26 Å². The molecule has 2 amide bonds. The van der Waals surface area contributed by atoms with Crippen molar-refractivity contribution in [1.29, 1.82) is 0 Å². The second kappa shape index (κ2) is 13.1. The number of likely N-dealkylation sites (N-methyl/N-ethyl adjacent to an activating group) is 1. The van der Waals surface area contributed by atoms with Crippen LogP contribution in [-0.4, -0.2) is 57.6 Å². The molecule has 35 heavy (non-hydrogen) atoms. The highest BCUT2D eigenvalue weighted by atomic mass is 32.2. The number of carbonyl (C=O) groups is 2. The number of carbonyl (C=O) groups excluding carboxylic acids is 2. The van der Waals surface area contributed by atoms with Crippen molar-refractivity contribution in [3.63, 3.8) is 0 Å². The third-order valence-electron chi connectivity index (χ3n) is 5.51. The summed E-state index contributed by atoms with van der Waals surface area (Å²) in [6, 6.07) is 11.8. The van der Waals surface area contributed by atoms with Crippen LogP contribution in [0.2, 0.25) is 0 Å². The molecular formula is C25H34FN3O5S. The second-order valence-corrected chi connectivity index (χ2v) is 9.98. The van der Waals surface area contributed by atoms with Crippen molar-refractivity contribution in [3.8, 4) is 5.75 Å². The lowest BCUT2D eigenvalue weighted by molar-refractivity contribution is -0.141. The minimum absolute atomic E-state index is 0.0261. The molecule has 0 spiro atoms. The summed E-state index contributed by atoms with van der Waals surface area (Å²) >= 11 is 0. The summed E-state index contributed by atoms with van der Waals surface area (Å²) in [5.74, 6) is -0.540. The van der Waals surface area contributed by atoms with Crippen LogP contribution in [0, 0.1) is 5.82 Å². The molecule has 0 unspecified atom stereocenters. The van der Waals surface area contributed by atoms with Crippen molar-refractivity contribution in [2.24, 2.45) is 0 Å². The monoisotopic (exact) mass is 507 g/mol. The molecule has 2 aromatic rings. The number of halogens is 1. The average molecular weight is 508 g/mol. The molecule has 1 N–H and O–H groups in total. The first-order chi connectivity index (χ1) is 16.6. The van der Waals surface area contributed by atoms with Crippen molar-refractivity contribution in [2.45, 2.75) is 45.7 Å². The minimum atomic E-state index is -3.63. The van der Waals surface area contributed by atoms with Gasteiger partial charge >= 0.3 is 0 Å². The molecule has 1 atom stereocenters. The number of methoxy groups -OCH3 is 1. The summed E-state index contributed by atoms with van der Waals surface area (Å²) in [5, 5.41) is 2.76. The van der Waals surface area contributed by atoms with Gasteiger partial charge in [0, 0.05) is 26.1 Å². The van der Waals surface area contributed by atoms with Gasteiger partial charge in [0.2, 0.25) is 21.8 Å². The summed E-state index contributed by atoms with van der Waals surface area (Å²) in [6.07, 6.45) is 1.76. The lowest BCUT2D eigenvalue weighted by Crippen LogP contribution is -2.49. The Hall–Kier alpha value is -3.14. The molecule has 0 saturated heterocycles. The molecule has 0 aromatic heterocycles. The normalized spacial score (nSPS) is 12.0. The van der Waals surface area contributed by atoms with Crippen LogP contribution >= 0.6 is 0 Å². The van der Waals surface area contributed by atoms with Gasteiger partial charge in [-0.25, -0.2) is 12.8 Å². The maximum absolute atomic E-state index is 13.4. The van der Waals surface area contributed by atoms with Gasteiger partial charge in [0.1, 0.15) is 17.6 Å². The zero-order valence-electron chi connectivity index (χ0n) is 20.7. The van der Waals surface area contributed by atoms with Gasteiger partial charge in [-0.15, -0.1) is 0 Å². The van der Waals surface area contributed by atoms with Crippen molar-refractivity contribution in [1.82, 2.24) is 10.2 Å². The number of benzene rings is 2. The van der Waals surface area contributed by atoms with Gasteiger partial charge in [0.05, 0.1) is 19.1 Å². The molecule has 0 fully saturated rings. The molecule has 0 heterocycles. The summed E-state index contributed by atoms with van der Waals surface area (Å²) in [6.45, 7) is 4.24. The molecule has 2 aromatic carbocycles. The molecule has 8 nitrogen and oxygen atoms in total. The van der Waals surface area contributed by atoms with Gasteiger partial charge in [-0.2, -0.15) is 0 Å². The van der Waals surface area contributed by atoms with Gasteiger partial charge in [-0.05, 0) is 49.6 Å². The van der Waals surface area contributed by atoms with E-state index in [-0.39, 0.29) is 43.6 Å². The molecule has 0 bridgehead atoms. The SMILES string of the molecule is CCNC(=O)[C@H](CC)N(Cc1ccc(F)cc1)C(=O)CCCN(c1ccccc1OC)S(C)(=O)=O. The van der Waals surface area contributed by atoms with E-state index in [4.69, 9.17) is 4.74 Å². The first-order valence-electron chi connectivity index (χ1n) is 11.5. The van der Waals surface area contributed by atoms with Crippen LogP contribution in [0.25, 0.3) is 0 Å². The van der Waals surface area contributed by atoms with E-state index in [0.29, 0.717) is 30.0 Å². The van der Waals surface area contributed by atoms with Crippen LogP contribution in [0.5, 0.6) is 5.75 Å². The predicted octanol–water partition coefficient (Wildman–Crippen LogP) is 3.32. The molecule has 0 saturated carbocycles. The zero-order chi connectivity index (χ0) is 26.0. The van der Waals surface area contributed by atoms with Gasteiger partial charge in [0.25, 0.3) is 0 Å². The van der Waals surface area contributed by atoms with Crippen molar-refractivity contribution < 1.29 is 27.1 Å². The highest BCUT2D eigenvalue weighted by Crippen LogP contribution is 2.29. The number of rotatable bonds is 13. The third-order valence-corrected chi connectivity index (χ3v) is 6.69. The Bertz CT molecular complexity index is 1090. The Labute approximate surface area is 207 Å². The third kappa shape index (κ3) is 7.95. The molecule has 192 valence electrons. The molecule has 0 radical (unpaired) electrons. The minimum Gasteiger partial charge on any atom is -0.495 e. The van der Waals surface area contributed by atoms with E-state index >= 15 is 0 Å². The van der Waals surface area contributed by atoms with Crippen LogP contribution in [0.3, 0.4) is 0 Å². The number of nitrogens with zero attached hydrogens (tertiary/aromatic N) is 2. The fraction of sp³-hybridized carbons (Fsp3) is 0.440. The molecule has 0 aliphatic heterocycles. The quantitative estimate of drug-likeness (QED) is 0.449. The standard InChI is InChI=1S/C25H34FN3O5S/c1-5-21(25(31)27-6-2)28(18-19-13-15-20(26)16-14-19)24(30)12-9-17-29(35(4,32)33)22-10-7-8-11-23(22)34-3/h7-8,10-11,13-16,21H,5-6,9,12,17-18H2,1-4H3,(H,27,31)/t21-/m0/s1. The van der Waals surface area contributed by atoms with Crippen LogP contribution in [0.1, 0.15) is 38.7 Å². The smallest absolute Gasteiger partial charge is 0.242 e. The maximum Gasteiger partial charge on any atom is 0.242 e. The summed E-state index contributed by atoms with van der Waals surface area (Å²) in [4.78, 5) is 27.4. The first-order valence-corrected chi connectivity index (χ1v) is 13.4. The Morgan fingerprint density at radius 1 is 1.09 bits per heavy atom. The van der Waals surface area contributed by atoms with E-state index < -0.39 is 16.1 Å². The van der Waals surface area contributed by atoms with E-state index in [1.165, 1.54) is 28.4 Å². The summed E-state index contributed by atoms with van der Waals surface area (Å²) < 4.78 is 44.9. The number of ether oxygens (including phenoxy) is 1. The fourth-order valence-electron chi connectivity index (χ4n) is 3.82. The number of anilines is 1. The van der Waals surface area contributed by atoms with Gasteiger partial charge in [-0.1, -0.05) is 31.2 Å². The van der Waals surface area contributed by atoms with Crippen molar-refractivity contribution in [3.05, 3.63) is 59.9 Å². The van der Waals surface area contributed by atoms with Crippen LogP contribution in [0.15, 0.2) is 48.5 Å². The summed E-state index contributed by atoms with van der Waals surface area (Å²) in [7, 11) is -2.17. The van der Waals surface area contributed by atoms with E-state index in [1.54, 1.807) is 43.3 Å². The van der Waals surface area contributed by atoms with E-state index in [2.05, 4.69) is 5.32 Å².